The first kappa shape index (κ1) is 20.2. The van der Waals surface area contributed by atoms with Gasteiger partial charge in [0.1, 0.15) is 5.41 Å². The van der Waals surface area contributed by atoms with Crippen LogP contribution in [-0.4, -0.2) is 11.8 Å². The van der Waals surface area contributed by atoms with E-state index in [1.165, 1.54) is 0 Å². The van der Waals surface area contributed by atoms with Crippen molar-refractivity contribution in [1.29, 1.82) is 5.26 Å². The van der Waals surface area contributed by atoms with E-state index in [9.17, 15) is 9.59 Å². The molecule has 5 heteroatoms. The molecule has 0 spiro atoms. The normalized spacial score (nSPS) is 11.0. The van der Waals surface area contributed by atoms with Crippen LogP contribution in [0.25, 0.3) is 0 Å². The zero-order valence-electron chi connectivity index (χ0n) is 16.4. The SMILES string of the molecule is Cc1cccc(C(C)C)c1NC(=O)C(C)(C)C(=O)Nc1cccc(C#N)c1. The summed E-state index contributed by atoms with van der Waals surface area (Å²) in [5.74, 6) is -0.576. The largest absolute Gasteiger partial charge is 0.325 e. The molecule has 2 rings (SSSR count). The van der Waals surface area contributed by atoms with Gasteiger partial charge in [-0.05, 0) is 56.0 Å². The average Bonchev–Trinajstić information content (AvgIpc) is 2.63. The fourth-order valence-corrected chi connectivity index (χ4v) is 2.67. The molecular formula is C22H25N3O2. The fraction of sp³-hybridized carbons (Fsp3) is 0.318. The van der Waals surface area contributed by atoms with Gasteiger partial charge >= 0.3 is 0 Å². The number of hydrogen-bond donors (Lipinski definition) is 2. The molecule has 27 heavy (non-hydrogen) atoms. The molecule has 0 atom stereocenters. The number of aryl methyl sites for hydroxylation is 1. The molecule has 0 aliphatic carbocycles. The van der Waals surface area contributed by atoms with Gasteiger partial charge in [0.15, 0.2) is 0 Å². The first-order valence-electron chi connectivity index (χ1n) is 8.89. The van der Waals surface area contributed by atoms with Crippen molar-refractivity contribution < 1.29 is 9.59 Å². The molecule has 140 valence electrons. The van der Waals surface area contributed by atoms with Gasteiger partial charge in [-0.3, -0.25) is 9.59 Å². The second kappa shape index (κ2) is 8.05. The van der Waals surface area contributed by atoms with E-state index < -0.39 is 11.3 Å². The quantitative estimate of drug-likeness (QED) is 0.762. The Kier molecular flexibility index (Phi) is 6.02. The van der Waals surface area contributed by atoms with Crippen molar-refractivity contribution in [2.24, 2.45) is 5.41 Å². The lowest BCUT2D eigenvalue weighted by atomic mass is 9.89. The highest BCUT2D eigenvalue weighted by molar-refractivity contribution is 6.14. The van der Waals surface area contributed by atoms with E-state index in [4.69, 9.17) is 5.26 Å². The van der Waals surface area contributed by atoms with Crippen molar-refractivity contribution in [3.8, 4) is 6.07 Å². The lowest BCUT2D eigenvalue weighted by molar-refractivity contribution is -0.135. The Bertz CT molecular complexity index is 908. The Hall–Kier alpha value is -3.13. The summed E-state index contributed by atoms with van der Waals surface area (Å²) in [5.41, 5.74) is 2.37. The summed E-state index contributed by atoms with van der Waals surface area (Å²) in [5, 5.41) is 14.6. The maximum atomic E-state index is 12.9. The molecule has 0 fully saturated rings. The third-order valence-corrected chi connectivity index (χ3v) is 4.55. The molecule has 0 unspecified atom stereocenters. The second-order valence-electron chi connectivity index (χ2n) is 7.42. The predicted molar refractivity (Wildman–Crippen MR) is 107 cm³/mol. The maximum absolute atomic E-state index is 12.9. The highest BCUT2D eigenvalue weighted by atomic mass is 16.2. The van der Waals surface area contributed by atoms with Gasteiger partial charge in [-0.2, -0.15) is 5.26 Å². The Morgan fingerprint density at radius 2 is 1.67 bits per heavy atom. The molecule has 0 aliphatic rings. The Morgan fingerprint density at radius 1 is 1.04 bits per heavy atom. The first-order valence-corrected chi connectivity index (χ1v) is 8.89. The molecule has 5 nitrogen and oxygen atoms in total. The second-order valence-corrected chi connectivity index (χ2v) is 7.42. The zero-order chi connectivity index (χ0) is 20.2. The molecule has 2 aromatic carbocycles. The van der Waals surface area contributed by atoms with Gasteiger partial charge in [0.05, 0.1) is 11.6 Å². The number of carbonyl (C=O) groups excluding carboxylic acids is 2. The monoisotopic (exact) mass is 363 g/mol. The minimum Gasteiger partial charge on any atom is -0.325 e. The van der Waals surface area contributed by atoms with Gasteiger partial charge in [-0.25, -0.2) is 0 Å². The van der Waals surface area contributed by atoms with Gasteiger partial charge in [-0.1, -0.05) is 38.1 Å². The topological polar surface area (TPSA) is 82.0 Å². The van der Waals surface area contributed by atoms with Crippen LogP contribution in [0.15, 0.2) is 42.5 Å². The van der Waals surface area contributed by atoms with Crippen molar-refractivity contribution >= 4 is 23.2 Å². The summed E-state index contributed by atoms with van der Waals surface area (Å²) in [7, 11) is 0. The smallest absolute Gasteiger partial charge is 0.239 e. The summed E-state index contributed by atoms with van der Waals surface area (Å²) in [6.45, 7) is 9.22. The van der Waals surface area contributed by atoms with Crippen LogP contribution in [0, 0.1) is 23.7 Å². The number of hydrogen-bond acceptors (Lipinski definition) is 3. The average molecular weight is 363 g/mol. The number of nitriles is 1. The van der Waals surface area contributed by atoms with Crippen LogP contribution in [0.2, 0.25) is 0 Å². The number of rotatable bonds is 5. The van der Waals surface area contributed by atoms with Crippen molar-refractivity contribution in [3.05, 3.63) is 59.2 Å². The van der Waals surface area contributed by atoms with Crippen molar-refractivity contribution in [3.63, 3.8) is 0 Å². The van der Waals surface area contributed by atoms with Crippen LogP contribution < -0.4 is 10.6 Å². The van der Waals surface area contributed by atoms with Gasteiger partial charge in [0.25, 0.3) is 0 Å². The summed E-state index contributed by atoms with van der Waals surface area (Å²) in [6.07, 6.45) is 0. The van der Waals surface area contributed by atoms with E-state index in [2.05, 4.69) is 24.5 Å². The van der Waals surface area contributed by atoms with E-state index >= 15 is 0 Å². The lowest BCUT2D eigenvalue weighted by Gasteiger charge is -2.25. The van der Waals surface area contributed by atoms with Crippen LogP contribution in [0.4, 0.5) is 11.4 Å². The van der Waals surface area contributed by atoms with Crippen molar-refractivity contribution in [2.45, 2.75) is 40.5 Å². The molecule has 2 aromatic rings. The Labute approximate surface area is 160 Å². The third-order valence-electron chi connectivity index (χ3n) is 4.55. The molecule has 0 saturated heterocycles. The molecule has 2 N–H and O–H groups in total. The van der Waals surface area contributed by atoms with Crippen LogP contribution in [0.5, 0.6) is 0 Å². The Morgan fingerprint density at radius 3 is 2.30 bits per heavy atom. The fourth-order valence-electron chi connectivity index (χ4n) is 2.67. The summed E-state index contributed by atoms with van der Waals surface area (Å²) < 4.78 is 0. The van der Waals surface area contributed by atoms with Gasteiger partial charge < -0.3 is 10.6 Å². The molecular weight excluding hydrogens is 338 g/mol. The number of para-hydroxylation sites is 1. The first-order chi connectivity index (χ1) is 12.7. The molecule has 0 saturated carbocycles. The minimum absolute atomic E-state index is 0.242. The predicted octanol–water partition coefficient (Wildman–Crippen LogP) is 4.59. The molecule has 0 bridgehead atoms. The van der Waals surface area contributed by atoms with Crippen LogP contribution in [-0.2, 0) is 9.59 Å². The van der Waals surface area contributed by atoms with E-state index in [-0.39, 0.29) is 11.8 Å². The highest BCUT2D eigenvalue weighted by Crippen LogP contribution is 2.30. The standard InChI is InChI=1S/C22H25N3O2/c1-14(2)18-11-6-8-15(3)19(18)25-21(27)22(4,5)20(26)24-17-10-7-9-16(12-17)13-23/h6-12,14H,1-5H3,(H,24,26)(H,25,27). The van der Waals surface area contributed by atoms with Crippen LogP contribution >= 0.6 is 0 Å². The summed E-state index contributed by atoms with van der Waals surface area (Å²) in [4.78, 5) is 25.6. The highest BCUT2D eigenvalue weighted by Gasteiger charge is 2.36. The third kappa shape index (κ3) is 4.53. The number of nitrogens with zero attached hydrogens (tertiary/aromatic N) is 1. The molecule has 2 amide bonds. The lowest BCUT2D eigenvalue weighted by Crippen LogP contribution is -2.42. The van der Waals surface area contributed by atoms with Crippen LogP contribution in [0.1, 0.15) is 50.3 Å². The van der Waals surface area contributed by atoms with E-state index in [0.29, 0.717) is 11.3 Å². The molecule has 0 radical (unpaired) electrons. The van der Waals surface area contributed by atoms with E-state index in [1.807, 2.05) is 31.2 Å². The summed E-state index contributed by atoms with van der Waals surface area (Å²) >= 11 is 0. The number of anilines is 2. The van der Waals surface area contributed by atoms with Crippen molar-refractivity contribution in [1.82, 2.24) is 0 Å². The Balaban J connectivity index is 2.22. The van der Waals surface area contributed by atoms with Crippen LogP contribution in [0.3, 0.4) is 0 Å². The van der Waals surface area contributed by atoms with Gasteiger partial charge in [0.2, 0.25) is 11.8 Å². The minimum atomic E-state index is -1.29. The number of benzene rings is 2. The van der Waals surface area contributed by atoms with Gasteiger partial charge in [0, 0.05) is 11.4 Å². The maximum Gasteiger partial charge on any atom is 0.239 e. The molecule has 0 aliphatic heterocycles. The number of amides is 2. The molecule has 0 aromatic heterocycles. The zero-order valence-corrected chi connectivity index (χ0v) is 16.4. The summed E-state index contributed by atoms with van der Waals surface area (Å²) in [6, 6.07) is 14.5. The molecule has 0 heterocycles. The van der Waals surface area contributed by atoms with E-state index in [0.717, 1.165) is 16.8 Å². The van der Waals surface area contributed by atoms with Crippen molar-refractivity contribution in [2.75, 3.05) is 10.6 Å². The number of carbonyl (C=O) groups is 2. The van der Waals surface area contributed by atoms with Gasteiger partial charge in [-0.15, -0.1) is 0 Å². The number of nitrogens with one attached hydrogen (secondary N) is 2. The van der Waals surface area contributed by atoms with E-state index in [1.54, 1.807) is 38.1 Å².